The van der Waals surface area contributed by atoms with Gasteiger partial charge in [0.2, 0.25) is 5.91 Å². The first kappa shape index (κ1) is 15.5. The molecule has 0 saturated heterocycles. The van der Waals surface area contributed by atoms with Gasteiger partial charge in [-0.3, -0.25) is 9.59 Å². The number of carbonyl (C=O) groups excluding carboxylic acids is 1. The second-order valence-corrected chi connectivity index (χ2v) is 4.59. The molecule has 1 aromatic carbocycles. The lowest BCUT2D eigenvalue weighted by Crippen LogP contribution is -2.29. The van der Waals surface area contributed by atoms with Crippen LogP contribution < -0.4 is 10.6 Å². The maximum Gasteiger partial charge on any atom is 0.303 e. The van der Waals surface area contributed by atoms with E-state index in [2.05, 4.69) is 10.6 Å². The number of aliphatic carboxylic acids is 1. The molecule has 0 aliphatic heterocycles. The van der Waals surface area contributed by atoms with Crippen molar-refractivity contribution in [3.05, 3.63) is 28.8 Å². The molecule has 1 rings (SSSR count). The molecule has 0 atom stereocenters. The summed E-state index contributed by atoms with van der Waals surface area (Å²) in [6.45, 7) is 2.53. The van der Waals surface area contributed by atoms with Crippen molar-refractivity contribution in [1.29, 1.82) is 0 Å². The van der Waals surface area contributed by atoms with Crippen molar-refractivity contribution in [3.63, 3.8) is 0 Å². The van der Waals surface area contributed by atoms with E-state index in [-0.39, 0.29) is 18.9 Å². The van der Waals surface area contributed by atoms with Crippen LogP contribution in [0.1, 0.15) is 18.4 Å². The molecule has 0 unspecified atom stereocenters. The van der Waals surface area contributed by atoms with Gasteiger partial charge in [-0.2, -0.15) is 0 Å². The van der Waals surface area contributed by atoms with Gasteiger partial charge in [-0.15, -0.1) is 0 Å². The van der Waals surface area contributed by atoms with E-state index in [0.717, 1.165) is 5.56 Å². The van der Waals surface area contributed by atoms with E-state index in [1.807, 2.05) is 13.0 Å². The predicted molar refractivity (Wildman–Crippen MR) is 74.6 cm³/mol. The molecule has 19 heavy (non-hydrogen) atoms. The Labute approximate surface area is 117 Å². The minimum atomic E-state index is -0.833. The summed E-state index contributed by atoms with van der Waals surface area (Å²) in [5, 5.41) is 14.6. The zero-order valence-corrected chi connectivity index (χ0v) is 11.5. The van der Waals surface area contributed by atoms with Crippen LogP contribution in [0.3, 0.4) is 0 Å². The zero-order chi connectivity index (χ0) is 14.3. The number of carboxylic acids is 1. The normalized spacial score (nSPS) is 10.2. The van der Waals surface area contributed by atoms with Crippen LogP contribution in [-0.4, -0.2) is 30.1 Å². The summed E-state index contributed by atoms with van der Waals surface area (Å²) in [4.78, 5) is 21.9. The van der Waals surface area contributed by atoms with Gasteiger partial charge in [0.1, 0.15) is 0 Å². The summed E-state index contributed by atoms with van der Waals surface area (Å²) in [7, 11) is 0. The van der Waals surface area contributed by atoms with Crippen molar-refractivity contribution < 1.29 is 14.7 Å². The SMILES string of the molecule is Cc1ccc(NC(=O)CNCCCC(=O)O)cc1Cl. The van der Waals surface area contributed by atoms with Crippen molar-refractivity contribution >= 4 is 29.2 Å². The summed E-state index contributed by atoms with van der Waals surface area (Å²) in [6.07, 6.45) is 0.598. The Balaban J connectivity index is 2.27. The van der Waals surface area contributed by atoms with Gasteiger partial charge in [-0.25, -0.2) is 0 Å². The van der Waals surface area contributed by atoms with Crippen LogP contribution >= 0.6 is 11.6 Å². The third-order valence-electron chi connectivity index (χ3n) is 2.49. The van der Waals surface area contributed by atoms with E-state index in [4.69, 9.17) is 16.7 Å². The average Bonchev–Trinajstić information content (AvgIpc) is 2.33. The van der Waals surface area contributed by atoms with Crippen LogP contribution in [0.15, 0.2) is 18.2 Å². The Morgan fingerprint density at radius 1 is 1.37 bits per heavy atom. The van der Waals surface area contributed by atoms with Crippen molar-refractivity contribution in [2.45, 2.75) is 19.8 Å². The second kappa shape index (κ2) is 7.76. The molecule has 0 spiro atoms. The molecule has 6 heteroatoms. The van der Waals surface area contributed by atoms with Crippen molar-refractivity contribution in [2.24, 2.45) is 0 Å². The van der Waals surface area contributed by atoms with Gasteiger partial charge in [0.05, 0.1) is 6.54 Å². The number of halogens is 1. The number of carbonyl (C=O) groups is 2. The number of rotatable bonds is 7. The zero-order valence-electron chi connectivity index (χ0n) is 10.7. The standard InChI is InChI=1S/C13H17ClN2O3/c1-9-4-5-10(7-11(9)14)16-12(17)8-15-6-2-3-13(18)19/h4-5,7,15H,2-3,6,8H2,1H3,(H,16,17)(H,18,19). The predicted octanol–water partition coefficient (Wildman–Crippen LogP) is 2.04. The second-order valence-electron chi connectivity index (χ2n) is 4.19. The lowest BCUT2D eigenvalue weighted by Gasteiger charge is -2.07. The topological polar surface area (TPSA) is 78.4 Å². The van der Waals surface area contributed by atoms with Gasteiger partial charge in [0.25, 0.3) is 0 Å². The van der Waals surface area contributed by atoms with Crippen molar-refractivity contribution in [3.8, 4) is 0 Å². The minimum absolute atomic E-state index is 0.0994. The molecule has 0 aliphatic carbocycles. The summed E-state index contributed by atoms with van der Waals surface area (Å²) in [5.41, 5.74) is 1.60. The largest absolute Gasteiger partial charge is 0.481 e. The van der Waals surface area contributed by atoms with Crippen molar-refractivity contribution in [2.75, 3.05) is 18.4 Å². The summed E-state index contributed by atoms with van der Waals surface area (Å²) < 4.78 is 0. The first-order chi connectivity index (χ1) is 8.99. The van der Waals surface area contributed by atoms with E-state index in [9.17, 15) is 9.59 Å². The Morgan fingerprint density at radius 2 is 2.11 bits per heavy atom. The molecule has 104 valence electrons. The van der Waals surface area contributed by atoms with E-state index >= 15 is 0 Å². The van der Waals surface area contributed by atoms with E-state index in [0.29, 0.717) is 23.7 Å². The molecule has 5 nitrogen and oxygen atoms in total. The molecule has 0 heterocycles. The molecule has 0 bridgehead atoms. The smallest absolute Gasteiger partial charge is 0.303 e. The van der Waals surface area contributed by atoms with E-state index < -0.39 is 5.97 Å². The summed E-state index contributed by atoms with van der Waals surface area (Å²) in [6, 6.07) is 5.31. The first-order valence-electron chi connectivity index (χ1n) is 5.97. The maximum atomic E-state index is 11.6. The average molecular weight is 285 g/mol. The van der Waals surface area contributed by atoms with Gasteiger partial charge < -0.3 is 15.7 Å². The lowest BCUT2D eigenvalue weighted by molar-refractivity contribution is -0.137. The number of benzene rings is 1. The van der Waals surface area contributed by atoms with Crippen LogP contribution in [0, 0.1) is 6.92 Å². The lowest BCUT2D eigenvalue weighted by atomic mass is 10.2. The number of hydrogen-bond donors (Lipinski definition) is 3. The number of anilines is 1. The van der Waals surface area contributed by atoms with Crippen LogP contribution in [0.5, 0.6) is 0 Å². The number of aryl methyl sites for hydroxylation is 1. The first-order valence-corrected chi connectivity index (χ1v) is 6.35. The highest BCUT2D eigenvalue weighted by Crippen LogP contribution is 2.19. The Bertz CT molecular complexity index is 463. The van der Waals surface area contributed by atoms with Crippen LogP contribution in [-0.2, 0) is 9.59 Å². The van der Waals surface area contributed by atoms with Gasteiger partial charge >= 0.3 is 5.97 Å². The fourth-order valence-corrected chi connectivity index (χ4v) is 1.62. The Morgan fingerprint density at radius 3 is 2.74 bits per heavy atom. The third kappa shape index (κ3) is 6.22. The molecule has 0 aromatic heterocycles. The maximum absolute atomic E-state index is 11.6. The molecular formula is C13H17ClN2O3. The molecule has 0 fully saturated rings. The van der Waals surface area contributed by atoms with Gasteiger partial charge in [-0.1, -0.05) is 17.7 Å². The Kier molecular flexibility index (Phi) is 6.32. The molecule has 1 aromatic rings. The third-order valence-corrected chi connectivity index (χ3v) is 2.89. The highest BCUT2D eigenvalue weighted by Gasteiger charge is 2.04. The Hall–Kier alpha value is -1.59. The van der Waals surface area contributed by atoms with Gasteiger partial charge in [-0.05, 0) is 37.6 Å². The molecule has 0 aliphatic rings. The fraction of sp³-hybridized carbons (Fsp3) is 0.385. The molecule has 0 radical (unpaired) electrons. The molecular weight excluding hydrogens is 268 g/mol. The molecule has 1 amide bonds. The molecule has 0 saturated carbocycles. The summed E-state index contributed by atoms with van der Waals surface area (Å²) in [5.74, 6) is -1.02. The van der Waals surface area contributed by atoms with Crippen LogP contribution in [0.2, 0.25) is 5.02 Å². The molecule has 3 N–H and O–H groups in total. The highest BCUT2D eigenvalue weighted by atomic mass is 35.5. The quantitative estimate of drug-likeness (QED) is 0.670. The summed E-state index contributed by atoms with van der Waals surface area (Å²) >= 11 is 5.95. The fourth-order valence-electron chi connectivity index (χ4n) is 1.44. The van der Waals surface area contributed by atoms with E-state index in [1.54, 1.807) is 12.1 Å². The number of carboxylic acid groups (broad SMARTS) is 1. The van der Waals surface area contributed by atoms with Crippen LogP contribution in [0.25, 0.3) is 0 Å². The highest BCUT2D eigenvalue weighted by molar-refractivity contribution is 6.31. The van der Waals surface area contributed by atoms with Crippen molar-refractivity contribution in [1.82, 2.24) is 5.32 Å². The van der Waals surface area contributed by atoms with Crippen LogP contribution in [0.4, 0.5) is 5.69 Å². The number of hydrogen-bond acceptors (Lipinski definition) is 3. The monoisotopic (exact) mass is 284 g/mol. The van der Waals surface area contributed by atoms with Gasteiger partial charge in [0, 0.05) is 17.1 Å². The number of nitrogens with one attached hydrogen (secondary N) is 2. The van der Waals surface area contributed by atoms with E-state index in [1.165, 1.54) is 0 Å². The van der Waals surface area contributed by atoms with Gasteiger partial charge in [0.15, 0.2) is 0 Å². The minimum Gasteiger partial charge on any atom is -0.481 e. The number of amides is 1.